The summed E-state index contributed by atoms with van der Waals surface area (Å²) in [7, 11) is 0. The van der Waals surface area contributed by atoms with Gasteiger partial charge in [0, 0.05) is 18.0 Å². The Labute approximate surface area is 99.5 Å². The first-order valence-corrected chi connectivity index (χ1v) is 6.06. The average molecular weight is 240 g/mol. The zero-order valence-electron chi connectivity index (χ0n) is 9.11. The van der Waals surface area contributed by atoms with Crippen molar-refractivity contribution in [2.75, 3.05) is 26.4 Å². The summed E-state index contributed by atoms with van der Waals surface area (Å²) in [6.45, 7) is 2.84. The monoisotopic (exact) mass is 240 g/mol. The molecule has 0 saturated carbocycles. The van der Waals surface area contributed by atoms with Gasteiger partial charge in [-0.2, -0.15) is 5.26 Å². The molecule has 88 valence electrons. The maximum absolute atomic E-state index is 8.65. The van der Waals surface area contributed by atoms with Crippen LogP contribution < -0.4 is 5.32 Å². The number of nitrogens with zero attached hydrogens (tertiary/aromatic N) is 1. The summed E-state index contributed by atoms with van der Waals surface area (Å²) in [5.74, 6) is 0. The number of aliphatic hydroxyl groups is 1. The van der Waals surface area contributed by atoms with Crippen LogP contribution in [0.3, 0.4) is 0 Å². The van der Waals surface area contributed by atoms with Crippen molar-refractivity contribution < 1.29 is 9.84 Å². The van der Waals surface area contributed by atoms with Gasteiger partial charge in [-0.3, -0.25) is 0 Å². The Morgan fingerprint density at radius 3 is 3.00 bits per heavy atom. The summed E-state index contributed by atoms with van der Waals surface area (Å²) in [6.07, 6.45) is 0.927. The number of aliphatic hydroxyl groups excluding tert-OH is 1. The summed E-state index contributed by atoms with van der Waals surface area (Å²) >= 11 is 1.52. The SMILES string of the molecule is N#Cc1ccc(CNCCCOCCO)s1. The molecule has 2 N–H and O–H groups in total. The molecule has 0 amide bonds. The van der Waals surface area contributed by atoms with Crippen LogP contribution in [0.15, 0.2) is 12.1 Å². The van der Waals surface area contributed by atoms with E-state index in [1.54, 1.807) is 0 Å². The van der Waals surface area contributed by atoms with Gasteiger partial charge in [-0.15, -0.1) is 11.3 Å². The van der Waals surface area contributed by atoms with Crippen LogP contribution in [-0.2, 0) is 11.3 Å². The van der Waals surface area contributed by atoms with Crippen molar-refractivity contribution in [2.24, 2.45) is 0 Å². The molecular weight excluding hydrogens is 224 g/mol. The fraction of sp³-hybridized carbons (Fsp3) is 0.545. The van der Waals surface area contributed by atoms with Crippen molar-refractivity contribution >= 4 is 11.3 Å². The molecule has 0 bridgehead atoms. The molecule has 5 heteroatoms. The minimum atomic E-state index is 0.0829. The normalized spacial score (nSPS) is 10.2. The first-order chi connectivity index (χ1) is 7.86. The third kappa shape index (κ3) is 5.24. The largest absolute Gasteiger partial charge is 0.394 e. The fourth-order valence-corrected chi connectivity index (χ4v) is 1.98. The van der Waals surface area contributed by atoms with Crippen LogP contribution in [0.4, 0.5) is 0 Å². The molecule has 0 saturated heterocycles. The molecule has 0 aliphatic heterocycles. The lowest BCUT2D eigenvalue weighted by Gasteiger charge is -2.03. The summed E-state index contributed by atoms with van der Waals surface area (Å²) in [5, 5.41) is 20.4. The van der Waals surface area contributed by atoms with Crippen LogP contribution in [0.1, 0.15) is 16.2 Å². The zero-order valence-corrected chi connectivity index (χ0v) is 9.92. The van der Waals surface area contributed by atoms with Crippen LogP contribution >= 0.6 is 11.3 Å². The highest BCUT2D eigenvalue weighted by Crippen LogP contribution is 2.14. The molecular formula is C11H16N2O2S. The summed E-state index contributed by atoms with van der Waals surface area (Å²) in [5.41, 5.74) is 0. The Kier molecular flexibility index (Phi) is 6.77. The van der Waals surface area contributed by atoms with Gasteiger partial charge in [0.25, 0.3) is 0 Å². The van der Waals surface area contributed by atoms with Crippen molar-refractivity contribution in [3.63, 3.8) is 0 Å². The van der Waals surface area contributed by atoms with E-state index in [0.717, 1.165) is 24.4 Å². The molecule has 0 unspecified atom stereocenters. The molecule has 0 spiro atoms. The van der Waals surface area contributed by atoms with E-state index in [2.05, 4.69) is 11.4 Å². The van der Waals surface area contributed by atoms with Crippen molar-refractivity contribution in [3.05, 3.63) is 21.9 Å². The third-order valence-electron chi connectivity index (χ3n) is 1.95. The molecule has 1 rings (SSSR count). The van der Waals surface area contributed by atoms with Gasteiger partial charge in [-0.25, -0.2) is 0 Å². The van der Waals surface area contributed by atoms with Crippen LogP contribution in [0.25, 0.3) is 0 Å². The Hall–Kier alpha value is -0.930. The Bertz CT molecular complexity index is 333. The van der Waals surface area contributed by atoms with E-state index in [0.29, 0.717) is 13.2 Å². The van der Waals surface area contributed by atoms with Gasteiger partial charge in [0.15, 0.2) is 0 Å². The first-order valence-electron chi connectivity index (χ1n) is 5.25. The van der Waals surface area contributed by atoms with Crippen molar-refractivity contribution in [2.45, 2.75) is 13.0 Å². The lowest BCUT2D eigenvalue weighted by Crippen LogP contribution is -2.16. The van der Waals surface area contributed by atoms with E-state index < -0.39 is 0 Å². The van der Waals surface area contributed by atoms with E-state index in [1.807, 2.05) is 12.1 Å². The predicted octanol–water partition coefficient (Wildman–Crippen LogP) is 1.11. The highest BCUT2D eigenvalue weighted by Gasteiger charge is 1.98. The summed E-state index contributed by atoms with van der Waals surface area (Å²) in [6, 6.07) is 5.93. The van der Waals surface area contributed by atoms with Gasteiger partial charge in [-0.1, -0.05) is 0 Å². The van der Waals surface area contributed by atoms with E-state index >= 15 is 0 Å². The topological polar surface area (TPSA) is 65.3 Å². The molecule has 0 aliphatic carbocycles. The van der Waals surface area contributed by atoms with Crippen LogP contribution in [-0.4, -0.2) is 31.5 Å². The number of nitriles is 1. The average Bonchev–Trinajstić information content (AvgIpc) is 2.76. The highest BCUT2D eigenvalue weighted by molar-refractivity contribution is 7.12. The number of hydrogen-bond donors (Lipinski definition) is 2. The molecule has 0 aliphatic rings. The quantitative estimate of drug-likeness (QED) is 0.668. The fourth-order valence-electron chi connectivity index (χ4n) is 1.21. The van der Waals surface area contributed by atoms with Gasteiger partial charge >= 0.3 is 0 Å². The summed E-state index contributed by atoms with van der Waals surface area (Å²) < 4.78 is 5.13. The van der Waals surface area contributed by atoms with Crippen molar-refractivity contribution in [1.82, 2.24) is 5.32 Å². The van der Waals surface area contributed by atoms with E-state index in [4.69, 9.17) is 15.1 Å². The van der Waals surface area contributed by atoms with Crippen LogP contribution in [0.5, 0.6) is 0 Å². The van der Waals surface area contributed by atoms with E-state index in [1.165, 1.54) is 16.2 Å². The lowest BCUT2D eigenvalue weighted by atomic mass is 10.4. The molecule has 0 aromatic carbocycles. The minimum Gasteiger partial charge on any atom is -0.394 e. The molecule has 1 aromatic rings. The molecule has 0 fully saturated rings. The number of thiophene rings is 1. The Balaban J connectivity index is 2.01. The smallest absolute Gasteiger partial charge is 0.110 e. The van der Waals surface area contributed by atoms with Gasteiger partial charge in [0.1, 0.15) is 10.9 Å². The van der Waals surface area contributed by atoms with Gasteiger partial charge in [0.2, 0.25) is 0 Å². The summed E-state index contributed by atoms with van der Waals surface area (Å²) in [4.78, 5) is 1.93. The number of nitrogens with one attached hydrogen (secondary N) is 1. The second-order valence-electron chi connectivity index (χ2n) is 3.24. The maximum atomic E-state index is 8.65. The molecule has 1 aromatic heterocycles. The zero-order chi connectivity index (χ0) is 11.6. The van der Waals surface area contributed by atoms with Gasteiger partial charge in [-0.05, 0) is 25.1 Å². The highest BCUT2D eigenvalue weighted by atomic mass is 32.1. The van der Waals surface area contributed by atoms with E-state index in [9.17, 15) is 0 Å². The number of hydrogen-bond acceptors (Lipinski definition) is 5. The second kappa shape index (κ2) is 8.25. The van der Waals surface area contributed by atoms with Crippen LogP contribution in [0, 0.1) is 11.3 Å². The molecule has 0 atom stereocenters. The van der Waals surface area contributed by atoms with Crippen LogP contribution in [0.2, 0.25) is 0 Å². The molecule has 4 nitrogen and oxygen atoms in total. The van der Waals surface area contributed by atoms with E-state index in [-0.39, 0.29) is 6.61 Å². The predicted molar refractivity (Wildman–Crippen MR) is 63.3 cm³/mol. The molecule has 1 heterocycles. The van der Waals surface area contributed by atoms with Crippen molar-refractivity contribution in [1.29, 1.82) is 5.26 Å². The lowest BCUT2D eigenvalue weighted by molar-refractivity contribution is 0.0907. The molecule has 0 radical (unpaired) electrons. The van der Waals surface area contributed by atoms with Gasteiger partial charge < -0.3 is 15.2 Å². The maximum Gasteiger partial charge on any atom is 0.110 e. The minimum absolute atomic E-state index is 0.0829. The molecule has 16 heavy (non-hydrogen) atoms. The number of rotatable bonds is 8. The van der Waals surface area contributed by atoms with Crippen molar-refractivity contribution in [3.8, 4) is 6.07 Å². The number of ether oxygens (including phenoxy) is 1. The third-order valence-corrected chi connectivity index (χ3v) is 2.94. The standard InChI is InChI=1S/C11H16N2O2S/c12-8-10-2-3-11(16-10)9-13-4-1-6-15-7-5-14/h2-3,13-14H,1,4-7,9H2. The Morgan fingerprint density at radius 1 is 1.44 bits per heavy atom. The second-order valence-corrected chi connectivity index (χ2v) is 4.41. The van der Waals surface area contributed by atoms with Gasteiger partial charge in [0.05, 0.1) is 13.2 Å². The first kappa shape index (κ1) is 13.1. The Morgan fingerprint density at radius 2 is 2.31 bits per heavy atom.